The van der Waals surface area contributed by atoms with E-state index in [1.54, 1.807) is 17.8 Å². The second-order valence-corrected chi connectivity index (χ2v) is 7.81. The Morgan fingerprint density at radius 2 is 1.43 bits per heavy atom. The van der Waals surface area contributed by atoms with Crippen molar-refractivity contribution in [1.29, 1.82) is 0 Å². The van der Waals surface area contributed by atoms with Crippen LogP contribution in [0.4, 0.5) is 16.2 Å². The summed E-state index contributed by atoms with van der Waals surface area (Å²) in [5.41, 5.74) is 6.55. The monoisotopic (exact) mass is 429 g/mol. The molecule has 0 saturated carbocycles. The summed E-state index contributed by atoms with van der Waals surface area (Å²) in [5.74, 6) is -0.539. The van der Waals surface area contributed by atoms with Gasteiger partial charge in [-0.05, 0) is 42.5 Å². The Morgan fingerprint density at radius 1 is 0.821 bits per heavy atom. The molecule has 0 saturated heterocycles. The molecule has 8 heteroatoms. The summed E-state index contributed by atoms with van der Waals surface area (Å²) in [6.45, 7) is 0. The predicted molar refractivity (Wildman–Crippen MR) is 112 cm³/mol. The Bertz CT molecular complexity index is 1050. The number of urea groups is 1. The second-order valence-electron chi connectivity index (χ2n) is 5.88. The highest BCUT2D eigenvalue weighted by molar-refractivity contribution is 7.99. The van der Waals surface area contributed by atoms with Crippen LogP contribution in [0.5, 0.6) is 0 Å². The first-order valence-electron chi connectivity index (χ1n) is 8.26. The SMILES string of the molecule is O=C(NNC(=O)N1c2ccccc2Sc2ccccc21)c1ccc(Cl)cc1Cl. The van der Waals surface area contributed by atoms with Crippen molar-refractivity contribution in [2.24, 2.45) is 0 Å². The van der Waals surface area contributed by atoms with Gasteiger partial charge in [0.15, 0.2) is 0 Å². The van der Waals surface area contributed by atoms with Crippen molar-refractivity contribution in [2.45, 2.75) is 9.79 Å². The van der Waals surface area contributed by atoms with Crippen molar-refractivity contribution in [3.05, 3.63) is 82.3 Å². The number of hydrogen-bond donors (Lipinski definition) is 2. The van der Waals surface area contributed by atoms with Crippen LogP contribution >= 0.6 is 35.0 Å². The molecule has 3 aromatic carbocycles. The second kappa shape index (κ2) is 7.75. The molecule has 5 nitrogen and oxygen atoms in total. The van der Waals surface area contributed by atoms with Crippen molar-refractivity contribution in [3.8, 4) is 0 Å². The summed E-state index contributed by atoms with van der Waals surface area (Å²) >= 11 is 13.5. The van der Waals surface area contributed by atoms with E-state index < -0.39 is 11.9 Å². The summed E-state index contributed by atoms with van der Waals surface area (Å²) in [6.07, 6.45) is 0. The van der Waals surface area contributed by atoms with Gasteiger partial charge < -0.3 is 0 Å². The van der Waals surface area contributed by atoms with Crippen LogP contribution in [0.1, 0.15) is 10.4 Å². The van der Waals surface area contributed by atoms with Crippen LogP contribution in [0.25, 0.3) is 0 Å². The molecule has 3 amide bonds. The molecular formula is C20H13Cl2N3O2S. The molecule has 1 aliphatic heterocycles. The van der Waals surface area contributed by atoms with E-state index in [2.05, 4.69) is 10.9 Å². The fraction of sp³-hybridized carbons (Fsp3) is 0. The Hall–Kier alpha value is -2.67. The van der Waals surface area contributed by atoms with Gasteiger partial charge in [-0.25, -0.2) is 10.2 Å². The number of hydrazine groups is 1. The normalized spacial score (nSPS) is 12.0. The van der Waals surface area contributed by atoms with E-state index in [0.29, 0.717) is 5.02 Å². The van der Waals surface area contributed by atoms with Crippen LogP contribution in [0.15, 0.2) is 76.5 Å². The van der Waals surface area contributed by atoms with Gasteiger partial charge in [0, 0.05) is 14.8 Å². The standard InChI is InChI=1S/C20H13Cl2N3O2S/c21-12-9-10-13(14(22)11-12)19(26)23-24-20(27)25-15-5-1-3-7-17(15)28-18-8-4-2-6-16(18)25/h1-11H,(H,23,26)(H,24,27). The van der Waals surface area contributed by atoms with Gasteiger partial charge in [-0.3, -0.25) is 15.1 Å². The maximum Gasteiger partial charge on any atom is 0.345 e. The van der Waals surface area contributed by atoms with Crippen LogP contribution in [0.2, 0.25) is 10.0 Å². The third-order valence-electron chi connectivity index (χ3n) is 4.09. The number of hydrogen-bond acceptors (Lipinski definition) is 3. The Kier molecular flexibility index (Phi) is 5.17. The minimum Gasteiger partial charge on any atom is -0.267 e. The van der Waals surface area contributed by atoms with Crippen LogP contribution in [-0.2, 0) is 0 Å². The number of carbonyl (C=O) groups is 2. The van der Waals surface area contributed by atoms with Crippen LogP contribution in [-0.4, -0.2) is 11.9 Å². The van der Waals surface area contributed by atoms with E-state index in [0.717, 1.165) is 21.2 Å². The Balaban J connectivity index is 1.58. The van der Waals surface area contributed by atoms with Crippen LogP contribution in [0.3, 0.4) is 0 Å². The molecule has 0 spiro atoms. The molecule has 0 unspecified atom stereocenters. The van der Waals surface area contributed by atoms with Gasteiger partial charge in [0.25, 0.3) is 5.91 Å². The number of carbonyl (C=O) groups excluding carboxylic acids is 2. The lowest BCUT2D eigenvalue weighted by atomic mass is 10.2. The maximum absolute atomic E-state index is 12.9. The largest absolute Gasteiger partial charge is 0.345 e. The summed E-state index contributed by atoms with van der Waals surface area (Å²) < 4.78 is 0. The van der Waals surface area contributed by atoms with E-state index in [1.807, 2.05) is 48.5 Å². The van der Waals surface area contributed by atoms with E-state index in [4.69, 9.17) is 23.2 Å². The average Bonchev–Trinajstić information content (AvgIpc) is 2.70. The average molecular weight is 430 g/mol. The summed E-state index contributed by atoms with van der Waals surface area (Å²) in [4.78, 5) is 28.7. The molecular weight excluding hydrogens is 417 g/mol. The smallest absolute Gasteiger partial charge is 0.267 e. The molecule has 2 N–H and O–H groups in total. The lowest BCUT2D eigenvalue weighted by Gasteiger charge is -2.30. The fourth-order valence-electron chi connectivity index (χ4n) is 2.83. The number of para-hydroxylation sites is 2. The Morgan fingerprint density at radius 3 is 2.04 bits per heavy atom. The highest BCUT2D eigenvalue weighted by atomic mass is 35.5. The van der Waals surface area contributed by atoms with Crippen LogP contribution in [0, 0.1) is 0 Å². The first-order chi connectivity index (χ1) is 13.5. The molecule has 1 aliphatic rings. The van der Waals surface area contributed by atoms with E-state index >= 15 is 0 Å². The van der Waals surface area contributed by atoms with E-state index in [9.17, 15) is 9.59 Å². The summed E-state index contributed by atoms with van der Waals surface area (Å²) in [7, 11) is 0. The number of nitrogens with one attached hydrogen (secondary N) is 2. The summed E-state index contributed by atoms with van der Waals surface area (Å²) in [6, 6.07) is 19.2. The van der Waals surface area contributed by atoms with Gasteiger partial charge in [-0.2, -0.15) is 0 Å². The molecule has 0 radical (unpaired) electrons. The number of benzene rings is 3. The van der Waals surface area contributed by atoms with Crippen molar-refractivity contribution in [3.63, 3.8) is 0 Å². The molecule has 1 heterocycles. The van der Waals surface area contributed by atoms with Crippen LogP contribution < -0.4 is 15.8 Å². The molecule has 0 aromatic heterocycles. The molecule has 0 fully saturated rings. The molecule has 0 aliphatic carbocycles. The molecule has 3 aromatic rings. The number of fused-ring (bicyclic) bond motifs is 2. The third kappa shape index (κ3) is 3.54. The van der Waals surface area contributed by atoms with Crippen molar-refractivity contribution >= 4 is 58.3 Å². The fourth-order valence-corrected chi connectivity index (χ4v) is 4.38. The first-order valence-corrected chi connectivity index (χ1v) is 9.83. The third-order valence-corrected chi connectivity index (χ3v) is 5.77. The van der Waals surface area contributed by atoms with Gasteiger partial charge in [0.1, 0.15) is 0 Å². The number of rotatable bonds is 1. The quantitative estimate of drug-likeness (QED) is 0.491. The van der Waals surface area contributed by atoms with Crippen molar-refractivity contribution in [1.82, 2.24) is 10.9 Å². The highest BCUT2D eigenvalue weighted by Gasteiger charge is 2.28. The maximum atomic E-state index is 12.9. The summed E-state index contributed by atoms with van der Waals surface area (Å²) in [5, 5.41) is 0.619. The first kappa shape index (κ1) is 18.7. The topological polar surface area (TPSA) is 61.4 Å². The number of anilines is 2. The number of halogens is 2. The van der Waals surface area contributed by atoms with Crippen molar-refractivity contribution < 1.29 is 9.59 Å². The van der Waals surface area contributed by atoms with Gasteiger partial charge >= 0.3 is 6.03 Å². The number of nitrogens with zero attached hydrogens (tertiary/aromatic N) is 1. The minimum atomic E-state index is -0.539. The van der Waals surface area contributed by atoms with Gasteiger partial charge in [0.2, 0.25) is 0 Å². The zero-order valence-corrected chi connectivity index (χ0v) is 16.6. The van der Waals surface area contributed by atoms with Gasteiger partial charge in [-0.15, -0.1) is 0 Å². The van der Waals surface area contributed by atoms with E-state index in [1.165, 1.54) is 17.0 Å². The molecule has 0 bridgehead atoms. The highest BCUT2D eigenvalue weighted by Crippen LogP contribution is 2.47. The molecule has 0 atom stereocenters. The van der Waals surface area contributed by atoms with E-state index in [-0.39, 0.29) is 10.6 Å². The lowest BCUT2D eigenvalue weighted by molar-refractivity contribution is 0.0937. The molecule has 4 rings (SSSR count). The minimum absolute atomic E-state index is 0.198. The van der Waals surface area contributed by atoms with Gasteiger partial charge in [-0.1, -0.05) is 59.2 Å². The number of amides is 3. The van der Waals surface area contributed by atoms with Gasteiger partial charge in [0.05, 0.1) is 22.0 Å². The predicted octanol–water partition coefficient (Wildman–Crippen LogP) is 5.65. The lowest BCUT2D eigenvalue weighted by Crippen LogP contribution is -2.48. The Labute approximate surface area is 175 Å². The molecule has 28 heavy (non-hydrogen) atoms. The molecule has 140 valence electrons. The van der Waals surface area contributed by atoms with Crippen molar-refractivity contribution in [2.75, 3.05) is 4.90 Å². The zero-order valence-electron chi connectivity index (χ0n) is 14.3. The zero-order chi connectivity index (χ0) is 19.7.